The van der Waals surface area contributed by atoms with Crippen LogP contribution in [0.5, 0.6) is 0 Å². The number of carbonyl (C=O) groups excluding carboxylic acids is 2. The van der Waals surface area contributed by atoms with Crippen LogP contribution in [-0.2, 0) is 7.05 Å². The third kappa shape index (κ3) is 4.51. The molecule has 2 aromatic carbocycles. The van der Waals surface area contributed by atoms with E-state index in [0.717, 1.165) is 5.56 Å². The van der Waals surface area contributed by atoms with Gasteiger partial charge in [-0.25, -0.2) is 0 Å². The normalized spacial score (nSPS) is 10.5. The monoisotopic (exact) mass is 411 g/mol. The molecule has 4 aromatic rings. The van der Waals surface area contributed by atoms with E-state index in [1.165, 1.54) is 0 Å². The van der Waals surface area contributed by atoms with Gasteiger partial charge in [0.15, 0.2) is 0 Å². The molecule has 0 aliphatic rings. The summed E-state index contributed by atoms with van der Waals surface area (Å²) in [6.45, 7) is 1.80. The Labute approximate surface area is 179 Å². The van der Waals surface area contributed by atoms with Crippen LogP contribution in [0.1, 0.15) is 26.4 Å². The van der Waals surface area contributed by atoms with Gasteiger partial charge in [0.1, 0.15) is 5.82 Å². The fourth-order valence-corrected chi connectivity index (χ4v) is 3.15. The lowest BCUT2D eigenvalue weighted by molar-refractivity contribution is 0.101. The number of benzene rings is 2. The van der Waals surface area contributed by atoms with E-state index in [1.54, 1.807) is 49.1 Å². The molecule has 0 saturated heterocycles. The minimum Gasteiger partial charge on any atom is -0.322 e. The number of aryl methyl sites for hydroxylation is 2. The highest BCUT2D eigenvalue weighted by molar-refractivity contribution is 6.05. The van der Waals surface area contributed by atoms with Crippen molar-refractivity contribution in [3.63, 3.8) is 0 Å². The first kappa shape index (κ1) is 20.0. The van der Waals surface area contributed by atoms with E-state index in [9.17, 15) is 9.59 Å². The summed E-state index contributed by atoms with van der Waals surface area (Å²) < 4.78 is 1.62. The minimum atomic E-state index is -0.206. The van der Waals surface area contributed by atoms with Crippen molar-refractivity contribution < 1.29 is 9.59 Å². The Hall–Kier alpha value is -4.26. The molecule has 2 aromatic heterocycles. The Kier molecular flexibility index (Phi) is 5.57. The highest BCUT2D eigenvalue weighted by Gasteiger charge is 2.13. The summed E-state index contributed by atoms with van der Waals surface area (Å²) in [6.07, 6.45) is 1.66. The molecule has 0 atom stereocenters. The average Bonchev–Trinajstić information content (AvgIpc) is 3.15. The summed E-state index contributed by atoms with van der Waals surface area (Å²) in [5, 5.41) is 10.2. The van der Waals surface area contributed by atoms with Gasteiger partial charge in [0.2, 0.25) is 0 Å². The molecule has 154 valence electrons. The molecular weight excluding hydrogens is 390 g/mol. The van der Waals surface area contributed by atoms with Crippen LogP contribution in [0.25, 0.3) is 11.3 Å². The third-order valence-corrected chi connectivity index (χ3v) is 4.85. The van der Waals surface area contributed by atoms with E-state index in [4.69, 9.17) is 0 Å². The second-order valence-electron chi connectivity index (χ2n) is 7.03. The summed E-state index contributed by atoms with van der Waals surface area (Å²) >= 11 is 0. The number of carbonyl (C=O) groups is 2. The highest BCUT2D eigenvalue weighted by Crippen LogP contribution is 2.24. The Bertz CT molecular complexity index is 1230. The summed E-state index contributed by atoms with van der Waals surface area (Å²) in [5.74, 6) is 0.189. The fraction of sp³-hybridized carbons (Fsp3) is 0.0833. The van der Waals surface area contributed by atoms with Crippen molar-refractivity contribution >= 4 is 23.3 Å². The molecular formula is C24H21N5O2. The minimum absolute atomic E-state index is 0.195. The van der Waals surface area contributed by atoms with Crippen LogP contribution in [0.4, 0.5) is 11.5 Å². The molecule has 0 aliphatic carbocycles. The maximum Gasteiger partial charge on any atom is 0.257 e. The van der Waals surface area contributed by atoms with E-state index in [-0.39, 0.29) is 11.8 Å². The van der Waals surface area contributed by atoms with E-state index < -0.39 is 0 Å². The van der Waals surface area contributed by atoms with Crippen molar-refractivity contribution in [3.8, 4) is 11.3 Å². The van der Waals surface area contributed by atoms with Crippen molar-refractivity contribution in [2.45, 2.75) is 6.92 Å². The van der Waals surface area contributed by atoms with Crippen LogP contribution in [0, 0.1) is 6.92 Å². The van der Waals surface area contributed by atoms with Gasteiger partial charge in [-0.05, 0) is 43.3 Å². The molecule has 31 heavy (non-hydrogen) atoms. The summed E-state index contributed by atoms with van der Waals surface area (Å²) in [7, 11) is 1.77. The van der Waals surface area contributed by atoms with E-state index in [2.05, 4.69) is 20.7 Å². The van der Waals surface area contributed by atoms with Gasteiger partial charge in [0.25, 0.3) is 11.8 Å². The zero-order valence-corrected chi connectivity index (χ0v) is 17.2. The number of pyridine rings is 1. The molecule has 0 radical (unpaired) electrons. The van der Waals surface area contributed by atoms with Gasteiger partial charge >= 0.3 is 0 Å². The molecule has 0 saturated carbocycles. The highest BCUT2D eigenvalue weighted by atomic mass is 16.2. The third-order valence-electron chi connectivity index (χ3n) is 4.85. The molecule has 0 fully saturated rings. The number of amides is 2. The van der Waals surface area contributed by atoms with Crippen LogP contribution in [-0.4, -0.2) is 26.6 Å². The number of nitrogens with one attached hydrogen (secondary N) is 2. The maximum absolute atomic E-state index is 12.5. The fourth-order valence-electron chi connectivity index (χ4n) is 3.15. The number of hydrogen-bond donors (Lipinski definition) is 2. The molecule has 0 spiro atoms. The van der Waals surface area contributed by atoms with Gasteiger partial charge in [0.05, 0.1) is 11.3 Å². The summed E-state index contributed by atoms with van der Waals surface area (Å²) in [6, 6.07) is 21.7. The van der Waals surface area contributed by atoms with Crippen LogP contribution in [0.2, 0.25) is 0 Å². The number of anilines is 2. The lowest BCUT2D eigenvalue weighted by Gasteiger charge is -2.07. The number of hydrogen-bond acceptors (Lipinski definition) is 4. The zero-order chi connectivity index (χ0) is 21.8. The Morgan fingerprint density at radius 2 is 1.61 bits per heavy atom. The lowest BCUT2D eigenvalue weighted by atomic mass is 10.1. The molecule has 0 bridgehead atoms. The van der Waals surface area contributed by atoms with Gasteiger partial charge in [-0.1, -0.05) is 30.3 Å². The predicted molar refractivity (Wildman–Crippen MR) is 120 cm³/mol. The van der Waals surface area contributed by atoms with E-state index in [0.29, 0.717) is 34.0 Å². The topological polar surface area (TPSA) is 88.9 Å². The zero-order valence-electron chi connectivity index (χ0n) is 17.2. The average molecular weight is 411 g/mol. The van der Waals surface area contributed by atoms with Crippen molar-refractivity contribution in [1.29, 1.82) is 0 Å². The van der Waals surface area contributed by atoms with Gasteiger partial charge < -0.3 is 10.6 Å². The van der Waals surface area contributed by atoms with Crippen molar-refractivity contribution in [2.75, 3.05) is 10.6 Å². The first-order valence-corrected chi connectivity index (χ1v) is 9.75. The van der Waals surface area contributed by atoms with Crippen LogP contribution >= 0.6 is 0 Å². The molecule has 0 aliphatic heterocycles. The van der Waals surface area contributed by atoms with Crippen molar-refractivity contribution in [2.24, 2.45) is 7.05 Å². The molecule has 2 heterocycles. The van der Waals surface area contributed by atoms with Crippen molar-refractivity contribution in [1.82, 2.24) is 14.8 Å². The first-order valence-electron chi connectivity index (χ1n) is 9.75. The number of rotatable bonds is 5. The smallest absolute Gasteiger partial charge is 0.257 e. The van der Waals surface area contributed by atoms with Crippen LogP contribution < -0.4 is 10.6 Å². The summed E-state index contributed by atoms with van der Waals surface area (Å²) in [4.78, 5) is 29.0. The Morgan fingerprint density at radius 1 is 0.871 bits per heavy atom. The molecule has 7 nitrogen and oxygen atoms in total. The first-order chi connectivity index (χ1) is 15.0. The largest absolute Gasteiger partial charge is 0.322 e. The number of nitrogens with zero attached hydrogens (tertiary/aromatic N) is 3. The maximum atomic E-state index is 12.5. The van der Waals surface area contributed by atoms with Gasteiger partial charge in [-0.3, -0.25) is 19.3 Å². The summed E-state index contributed by atoms with van der Waals surface area (Å²) in [5.41, 5.74) is 4.04. The van der Waals surface area contributed by atoms with Gasteiger partial charge in [-0.2, -0.15) is 5.10 Å². The Balaban J connectivity index is 1.47. The number of aromatic nitrogens is 3. The van der Waals surface area contributed by atoms with Crippen LogP contribution in [0.3, 0.4) is 0 Å². The van der Waals surface area contributed by atoms with Crippen LogP contribution in [0.15, 0.2) is 79.0 Å². The Morgan fingerprint density at radius 3 is 2.32 bits per heavy atom. The molecule has 2 N–H and O–H groups in total. The van der Waals surface area contributed by atoms with E-state index in [1.807, 2.05) is 48.5 Å². The predicted octanol–water partition coefficient (Wildman–Crippen LogP) is 4.30. The van der Waals surface area contributed by atoms with Crippen molar-refractivity contribution in [3.05, 3.63) is 95.8 Å². The standard InChI is InChI=1S/C24H21N5O2/c1-16-20(9-6-14-25-16)24(31)26-19-12-10-17(11-13-19)21-15-22(29(2)28-21)27-23(30)18-7-4-3-5-8-18/h3-15H,1-2H3,(H,26,31)(H,27,30). The lowest BCUT2D eigenvalue weighted by Crippen LogP contribution is -2.14. The second-order valence-corrected chi connectivity index (χ2v) is 7.03. The molecule has 0 unspecified atom stereocenters. The molecule has 7 heteroatoms. The second kappa shape index (κ2) is 8.62. The molecule has 4 rings (SSSR count). The van der Waals surface area contributed by atoms with Gasteiger partial charge in [0, 0.05) is 41.8 Å². The SMILES string of the molecule is Cc1ncccc1C(=O)Nc1ccc(-c2cc(NC(=O)c3ccccc3)n(C)n2)cc1. The quantitative estimate of drug-likeness (QED) is 0.513. The molecule has 2 amide bonds. The van der Waals surface area contributed by atoms with E-state index >= 15 is 0 Å². The van der Waals surface area contributed by atoms with Gasteiger partial charge in [-0.15, -0.1) is 0 Å².